The second-order valence-electron chi connectivity index (χ2n) is 1.01. The topological polar surface area (TPSA) is 23.1 Å². The lowest BCUT2D eigenvalue weighted by Crippen LogP contribution is -1.90. The Morgan fingerprint density at radius 2 is 2.33 bits per heavy atom. The Morgan fingerprint density at radius 1 is 1.83 bits per heavy atom. The van der Waals surface area contributed by atoms with Crippen molar-refractivity contribution in [2.45, 2.75) is 13.1 Å². The Kier molecular flexibility index (Phi) is 2.46. The molecule has 0 saturated heterocycles. The molecular weight excluding hydrogens is 83.0 g/mol. The summed E-state index contributed by atoms with van der Waals surface area (Å²) < 4.78 is 11.4. The molecule has 0 saturated carbocycles. The average Bonchev–Trinajstić information content (AvgIpc) is 1.35. The minimum Gasteiger partial charge on any atom is -0.878 e. The summed E-state index contributed by atoms with van der Waals surface area (Å²) in [5.74, 6) is 0. The van der Waals surface area contributed by atoms with Gasteiger partial charge in [-0.1, -0.05) is 6.08 Å². The zero-order valence-corrected chi connectivity index (χ0v) is 3.52. The van der Waals surface area contributed by atoms with E-state index in [4.69, 9.17) is 0 Å². The predicted octanol–water partition coefficient (Wildman–Crippen LogP) is 0.218. The maximum atomic E-state index is 11.4. The van der Waals surface area contributed by atoms with Crippen LogP contribution < -0.4 is 5.11 Å². The van der Waals surface area contributed by atoms with E-state index in [1.165, 1.54) is 6.92 Å². The van der Waals surface area contributed by atoms with Gasteiger partial charge in [-0.25, -0.2) is 4.39 Å². The van der Waals surface area contributed by atoms with Crippen LogP contribution in [-0.4, -0.2) is 6.17 Å². The molecule has 0 aliphatic heterocycles. The average molecular weight is 89.1 g/mol. The van der Waals surface area contributed by atoms with Gasteiger partial charge in [0.15, 0.2) is 0 Å². The van der Waals surface area contributed by atoms with Crippen molar-refractivity contribution in [2.24, 2.45) is 0 Å². The van der Waals surface area contributed by atoms with Crippen molar-refractivity contribution < 1.29 is 9.50 Å². The molecule has 36 valence electrons. The van der Waals surface area contributed by atoms with Crippen molar-refractivity contribution in [1.29, 1.82) is 0 Å². The molecule has 0 N–H and O–H groups in total. The number of hydrogen-bond donors (Lipinski definition) is 0. The Bertz CT molecular complexity index is 49.5. The van der Waals surface area contributed by atoms with Crippen LogP contribution in [0, 0.1) is 0 Å². The zero-order valence-electron chi connectivity index (χ0n) is 3.52. The Morgan fingerprint density at radius 3 is 2.33 bits per heavy atom. The summed E-state index contributed by atoms with van der Waals surface area (Å²) in [6.07, 6.45) is 0.299. The lowest BCUT2D eigenvalue weighted by molar-refractivity contribution is -0.275. The highest BCUT2D eigenvalue weighted by Crippen LogP contribution is 1.85. The van der Waals surface area contributed by atoms with E-state index in [2.05, 4.69) is 0 Å². The third-order valence-corrected chi connectivity index (χ3v) is 0.344. The van der Waals surface area contributed by atoms with Crippen LogP contribution >= 0.6 is 0 Å². The minimum absolute atomic E-state index is 0.449. The number of halogens is 1. The summed E-state index contributed by atoms with van der Waals surface area (Å²) in [7, 11) is 0. The molecule has 0 heterocycles. The van der Waals surface area contributed by atoms with Gasteiger partial charge in [0, 0.05) is 0 Å². The van der Waals surface area contributed by atoms with Gasteiger partial charge in [-0.3, -0.25) is 0 Å². The first-order chi connectivity index (χ1) is 2.77. The Hall–Kier alpha value is -0.530. The van der Waals surface area contributed by atoms with Crippen LogP contribution in [0.5, 0.6) is 0 Å². The first-order valence-electron chi connectivity index (χ1n) is 1.70. The second-order valence-corrected chi connectivity index (χ2v) is 1.01. The standard InChI is InChI=1S/C4H7FO/c1-4(5)2-3-6/h2-4,6H,1H3/p-1/b3-2-/t4-/m0/s1. The van der Waals surface area contributed by atoms with Gasteiger partial charge in [-0.15, -0.1) is 0 Å². The SMILES string of the molecule is C[C@H](F)/C=C\[O-]. The van der Waals surface area contributed by atoms with Crippen LogP contribution in [0.2, 0.25) is 0 Å². The highest BCUT2D eigenvalue weighted by atomic mass is 19.1. The molecule has 0 aromatic rings. The molecule has 1 atom stereocenters. The van der Waals surface area contributed by atoms with E-state index in [1.54, 1.807) is 0 Å². The van der Waals surface area contributed by atoms with Crippen molar-refractivity contribution in [2.75, 3.05) is 0 Å². The summed E-state index contributed by atoms with van der Waals surface area (Å²) in [6, 6.07) is 0. The molecule has 0 spiro atoms. The summed E-state index contributed by atoms with van der Waals surface area (Å²) in [6.45, 7) is 1.30. The van der Waals surface area contributed by atoms with Gasteiger partial charge in [-0.2, -0.15) is 6.26 Å². The van der Waals surface area contributed by atoms with Gasteiger partial charge < -0.3 is 5.11 Å². The third kappa shape index (κ3) is 3.47. The molecule has 6 heavy (non-hydrogen) atoms. The molecule has 0 rings (SSSR count). The van der Waals surface area contributed by atoms with Crippen molar-refractivity contribution in [3.8, 4) is 0 Å². The van der Waals surface area contributed by atoms with E-state index in [0.717, 1.165) is 6.08 Å². The van der Waals surface area contributed by atoms with Gasteiger partial charge >= 0.3 is 0 Å². The number of rotatable bonds is 1. The van der Waals surface area contributed by atoms with Gasteiger partial charge in [0.1, 0.15) is 6.17 Å². The summed E-state index contributed by atoms with van der Waals surface area (Å²) in [4.78, 5) is 0. The molecule has 0 fully saturated rings. The molecule has 0 amide bonds. The number of alkyl halides is 1. The zero-order chi connectivity index (χ0) is 4.99. The summed E-state index contributed by atoms with van der Waals surface area (Å²) >= 11 is 0. The van der Waals surface area contributed by atoms with E-state index >= 15 is 0 Å². The van der Waals surface area contributed by atoms with Crippen LogP contribution in [0.15, 0.2) is 12.3 Å². The van der Waals surface area contributed by atoms with Crippen molar-refractivity contribution in [3.05, 3.63) is 12.3 Å². The maximum absolute atomic E-state index is 11.4. The van der Waals surface area contributed by atoms with Crippen molar-refractivity contribution in [3.63, 3.8) is 0 Å². The lowest BCUT2D eigenvalue weighted by Gasteiger charge is -1.89. The molecule has 1 nitrogen and oxygen atoms in total. The fourth-order valence-corrected chi connectivity index (χ4v) is 0.108. The van der Waals surface area contributed by atoms with E-state index in [1.807, 2.05) is 0 Å². The van der Waals surface area contributed by atoms with Crippen LogP contribution in [0.1, 0.15) is 6.92 Å². The highest BCUT2D eigenvalue weighted by molar-refractivity contribution is 4.76. The van der Waals surface area contributed by atoms with Crippen LogP contribution in [0.25, 0.3) is 0 Å². The second kappa shape index (κ2) is 2.69. The molecule has 0 radical (unpaired) electrons. The first-order valence-corrected chi connectivity index (χ1v) is 1.70. The molecule has 2 heteroatoms. The van der Waals surface area contributed by atoms with Gasteiger partial charge in [0.05, 0.1) is 0 Å². The molecule has 0 aromatic carbocycles. The molecule has 0 unspecified atom stereocenters. The normalized spacial score (nSPS) is 15.7. The van der Waals surface area contributed by atoms with E-state index in [-0.39, 0.29) is 0 Å². The minimum atomic E-state index is -1.09. The monoisotopic (exact) mass is 89.0 g/mol. The third-order valence-electron chi connectivity index (χ3n) is 0.344. The van der Waals surface area contributed by atoms with Gasteiger partial charge in [0.2, 0.25) is 0 Å². The van der Waals surface area contributed by atoms with E-state index in [0.29, 0.717) is 6.26 Å². The fourth-order valence-electron chi connectivity index (χ4n) is 0.108. The van der Waals surface area contributed by atoms with Crippen LogP contribution in [0.3, 0.4) is 0 Å². The van der Waals surface area contributed by atoms with Gasteiger partial charge in [-0.05, 0) is 6.92 Å². The highest BCUT2D eigenvalue weighted by Gasteiger charge is 1.80. The molecule has 0 aromatic heterocycles. The predicted molar refractivity (Wildman–Crippen MR) is 19.7 cm³/mol. The molecule has 0 aliphatic carbocycles. The van der Waals surface area contributed by atoms with Crippen LogP contribution in [0.4, 0.5) is 4.39 Å². The van der Waals surface area contributed by atoms with E-state index in [9.17, 15) is 9.50 Å². The van der Waals surface area contributed by atoms with Gasteiger partial charge in [0.25, 0.3) is 0 Å². The Labute approximate surface area is 36.1 Å². The number of hydrogen-bond acceptors (Lipinski definition) is 1. The maximum Gasteiger partial charge on any atom is 0.115 e. The quantitative estimate of drug-likeness (QED) is 0.421. The smallest absolute Gasteiger partial charge is 0.115 e. The fraction of sp³-hybridized carbons (Fsp3) is 0.500. The summed E-state index contributed by atoms with van der Waals surface area (Å²) in [5, 5.41) is 9.32. The summed E-state index contributed by atoms with van der Waals surface area (Å²) in [5.41, 5.74) is 0. The van der Waals surface area contributed by atoms with Crippen LogP contribution in [-0.2, 0) is 0 Å². The molecule has 0 aliphatic rings. The molecule has 0 bridgehead atoms. The molecular formula is C4H6FO-. The van der Waals surface area contributed by atoms with Crippen molar-refractivity contribution in [1.82, 2.24) is 0 Å². The first kappa shape index (κ1) is 5.47. The van der Waals surface area contributed by atoms with Crippen molar-refractivity contribution >= 4 is 0 Å². The number of allylic oxidation sites excluding steroid dienone is 1. The Balaban J connectivity index is 3.03. The largest absolute Gasteiger partial charge is 0.878 e. The van der Waals surface area contributed by atoms with E-state index < -0.39 is 6.17 Å². The lowest BCUT2D eigenvalue weighted by atomic mass is 10.4.